The predicted molar refractivity (Wildman–Crippen MR) is 90.4 cm³/mol. The van der Waals surface area contributed by atoms with E-state index in [0.717, 1.165) is 11.1 Å². The topological polar surface area (TPSA) is 46.6 Å². The lowest BCUT2D eigenvalue weighted by Gasteiger charge is -2.37. The number of ether oxygens (including phenoxy) is 1. The zero-order chi connectivity index (χ0) is 16.3. The van der Waals surface area contributed by atoms with Crippen LogP contribution in [0.25, 0.3) is 0 Å². The third-order valence-corrected chi connectivity index (χ3v) is 5.92. The number of nitrogens with zero attached hydrogens (tertiary/aromatic N) is 1. The third kappa shape index (κ3) is 3.99. The molecule has 2 aromatic rings. The first kappa shape index (κ1) is 16.2. The number of rotatable bonds is 6. The molecule has 1 fully saturated rings. The van der Waals surface area contributed by atoms with Crippen molar-refractivity contribution in [3.8, 4) is 0 Å². The molecule has 0 radical (unpaired) electrons. The molecular weight excluding hydrogens is 310 g/mol. The Kier molecular flexibility index (Phi) is 4.80. The van der Waals surface area contributed by atoms with Crippen LogP contribution in [0.2, 0.25) is 0 Å². The Hall–Kier alpha value is -1.69. The minimum Gasteiger partial charge on any atom is -0.371 e. The number of benzene rings is 2. The molecule has 4 nitrogen and oxygen atoms in total. The standard InChI is InChI=1S/C18H21NO3S/c1-15-7-5-6-10-17(15)13-22-18-11-19(12-18)23(20,21)14-16-8-3-2-4-9-16/h2-10,18H,11-14H2,1H3. The summed E-state index contributed by atoms with van der Waals surface area (Å²) in [6.07, 6.45) is -0.0137. The van der Waals surface area contributed by atoms with Crippen molar-refractivity contribution >= 4 is 10.0 Å². The Labute approximate surface area is 137 Å². The predicted octanol–water partition coefficient (Wildman–Crippen LogP) is 2.73. The maximum atomic E-state index is 12.3. The molecule has 3 rings (SSSR count). The van der Waals surface area contributed by atoms with E-state index in [1.807, 2.05) is 48.5 Å². The van der Waals surface area contributed by atoms with Gasteiger partial charge in [0, 0.05) is 13.1 Å². The highest BCUT2D eigenvalue weighted by Gasteiger charge is 2.36. The average Bonchev–Trinajstić information content (AvgIpc) is 2.47. The summed E-state index contributed by atoms with van der Waals surface area (Å²) in [5, 5.41) is 0. The molecule has 0 aromatic heterocycles. The van der Waals surface area contributed by atoms with E-state index in [2.05, 4.69) is 13.0 Å². The zero-order valence-corrected chi connectivity index (χ0v) is 14.0. The number of aryl methyl sites for hydroxylation is 1. The van der Waals surface area contributed by atoms with Gasteiger partial charge in [0.15, 0.2) is 0 Å². The van der Waals surface area contributed by atoms with Crippen LogP contribution in [0.1, 0.15) is 16.7 Å². The quantitative estimate of drug-likeness (QED) is 0.818. The van der Waals surface area contributed by atoms with Crippen LogP contribution in [0.4, 0.5) is 0 Å². The van der Waals surface area contributed by atoms with Crippen molar-refractivity contribution in [1.82, 2.24) is 4.31 Å². The van der Waals surface area contributed by atoms with Crippen molar-refractivity contribution in [2.75, 3.05) is 13.1 Å². The molecule has 0 amide bonds. The molecule has 2 aromatic carbocycles. The van der Waals surface area contributed by atoms with Crippen molar-refractivity contribution < 1.29 is 13.2 Å². The summed E-state index contributed by atoms with van der Waals surface area (Å²) in [5.74, 6) is 0.0539. The fourth-order valence-corrected chi connectivity index (χ4v) is 4.17. The van der Waals surface area contributed by atoms with Crippen LogP contribution >= 0.6 is 0 Å². The van der Waals surface area contributed by atoms with Crippen molar-refractivity contribution in [3.05, 3.63) is 71.3 Å². The summed E-state index contributed by atoms with van der Waals surface area (Å²) in [7, 11) is -3.25. The molecule has 23 heavy (non-hydrogen) atoms. The fourth-order valence-electron chi connectivity index (χ4n) is 2.59. The van der Waals surface area contributed by atoms with Crippen LogP contribution < -0.4 is 0 Å². The average molecular weight is 331 g/mol. The van der Waals surface area contributed by atoms with Crippen molar-refractivity contribution in [1.29, 1.82) is 0 Å². The molecule has 0 N–H and O–H groups in total. The van der Waals surface area contributed by atoms with E-state index in [-0.39, 0.29) is 11.9 Å². The highest BCUT2D eigenvalue weighted by molar-refractivity contribution is 7.88. The van der Waals surface area contributed by atoms with Crippen LogP contribution in [-0.4, -0.2) is 31.9 Å². The first-order chi connectivity index (χ1) is 11.0. The van der Waals surface area contributed by atoms with Crippen LogP contribution in [0.3, 0.4) is 0 Å². The molecule has 0 aliphatic carbocycles. The SMILES string of the molecule is Cc1ccccc1COC1CN(S(=O)(=O)Cc2ccccc2)C1. The van der Waals surface area contributed by atoms with Crippen LogP contribution in [0.5, 0.6) is 0 Å². The monoisotopic (exact) mass is 331 g/mol. The van der Waals surface area contributed by atoms with E-state index >= 15 is 0 Å². The van der Waals surface area contributed by atoms with Gasteiger partial charge in [0.05, 0.1) is 18.5 Å². The van der Waals surface area contributed by atoms with Gasteiger partial charge in [-0.3, -0.25) is 0 Å². The summed E-state index contributed by atoms with van der Waals surface area (Å²) in [6, 6.07) is 17.4. The first-order valence-electron chi connectivity index (χ1n) is 7.72. The Morgan fingerprint density at radius 2 is 1.70 bits per heavy atom. The lowest BCUT2D eigenvalue weighted by Crippen LogP contribution is -2.54. The Balaban J connectivity index is 1.50. The van der Waals surface area contributed by atoms with Gasteiger partial charge in [-0.05, 0) is 23.6 Å². The van der Waals surface area contributed by atoms with Gasteiger partial charge in [0.1, 0.15) is 0 Å². The van der Waals surface area contributed by atoms with E-state index < -0.39 is 10.0 Å². The molecule has 122 valence electrons. The van der Waals surface area contributed by atoms with E-state index in [1.165, 1.54) is 9.87 Å². The van der Waals surface area contributed by atoms with Gasteiger partial charge in [0.25, 0.3) is 0 Å². The molecular formula is C18H21NO3S. The van der Waals surface area contributed by atoms with Gasteiger partial charge in [0.2, 0.25) is 10.0 Å². The summed E-state index contributed by atoms with van der Waals surface area (Å²) >= 11 is 0. The highest BCUT2D eigenvalue weighted by Crippen LogP contribution is 2.21. The van der Waals surface area contributed by atoms with E-state index in [1.54, 1.807) is 0 Å². The second-order valence-corrected chi connectivity index (χ2v) is 7.89. The lowest BCUT2D eigenvalue weighted by molar-refractivity contribution is -0.0297. The van der Waals surface area contributed by atoms with Gasteiger partial charge in [-0.2, -0.15) is 4.31 Å². The molecule has 0 unspecified atom stereocenters. The van der Waals surface area contributed by atoms with Crippen molar-refractivity contribution in [2.45, 2.75) is 25.4 Å². The van der Waals surface area contributed by atoms with E-state index in [9.17, 15) is 8.42 Å². The van der Waals surface area contributed by atoms with Gasteiger partial charge in [-0.15, -0.1) is 0 Å². The highest BCUT2D eigenvalue weighted by atomic mass is 32.2. The maximum Gasteiger partial charge on any atom is 0.218 e. The minimum absolute atomic E-state index is 0.0137. The largest absolute Gasteiger partial charge is 0.371 e. The number of sulfonamides is 1. The second kappa shape index (κ2) is 6.83. The molecule has 0 spiro atoms. The van der Waals surface area contributed by atoms with Crippen LogP contribution in [0, 0.1) is 6.92 Å². The minimum atomic E-state index is -3.25. The summed E-state index contributed by atoms with van der Waals surface area (Å²) in [5.41, 5.74) is 3.16. The van der Waals surface area contributed by atoms with Crippen LogP contribution in [0.15, 0.2) is 54.6 Å². The van der Waals surface area contributed by atoms with Gasteiger partial charge in [-0.1, -0.05) is 54.6 Å². The van der Waals surface area contributed by atoms with E-state index in [4.69, 9.17) is 4.74 Å². The Morgan fingerprint density at radius 1 is 1.04 bits per heavy atom. The number of hydrogen-bond donors (Lipinski definition) is 0. The Morgan fingerprint density at radius 3 is 2.39 bits per heavy atom. The second-order valence-electron chi connectivity index (χ2n) is 5.92. The molecule has 0 saturated carbocycles. The Bertz CT molecular complexity index is 753. The summed E-state index contributed by atoms with van der Waals surface area (Å²) in [4.78, 5) is 0. The number of hydrogen-bond acceptors (Lipinski definition) is 3. The van der Waals surface area contributed by atoms with Crippen molar-refractivity contribution in [2.24, 2.45) is 0 Å². The van der Waals surface area contributed by atoms with Crippen LogP contribution in [-0.2, 0) is 27.1 Å². The zero-order valence-electron chi connectivity index (χ0n) is 13.2. The molecule has 1 aliphatic heterocycles. The molecule has 1 saturated heterocycles. The molecule has 0 atom stereocenters. The maximum absolute atomic E-state index is 12.3. The van der Waals surface area contributed by atoms with Gasteiger partial charge < -0.3 is 4.74 Å². The molecule has 1 heterocycles. The first-order valence-corrected chi connectivity index (χ1v) is 9.33. The van der Waals surface area contributed by atoms with Gasteiger partial charge in [-0.25, -0.2) is 8.42 Å². The molecule has 0 bridgehead atoms. The molecule has 5 heteroatoms. The lowest BCUT2D eigenvalue weighted by atomic mass is 10.1. The fraction of sp³-hybridized carbons (Fsp3) is 0.333. The summed E-state index contributed by atoms with van der Waals surface area (Å²) < 4.78 is 32.0. The summed E-state index contributed by atoms with van der Waals surface area (Å²) in [6.45, 7) is 3.47. The normalized spacial score (nSPS) is 16.2. The van der Waals surface area contributed by atoms with Gasteiger partial charge >= 0.3 is 0 Å². The molecule has 1 aliphatic rings. The smallest absolute Gasteiger partial charge is 0.218 e. The van der Waals surface area contributed by atoms with Crippen molar-refractivity contribution in [3.63, 3.8) is 0 Å². The third-order valence-electron chi connectivity index (χ3n) is 4.14. The van der Waals surface area contributed by atoms with E-state index in [0.29, 0.717) is 19.7 Å².